The van der Waals surface area contributed by atoms with E-state index in [0.717, 1.165) is 5.25 Å². The smallest absolute Gasteiger partial charge is 0.0172 e. The van der Waals surface area contributed by atoms with E-state index in [4.69, 9.17) is 5.73 Å². The van der Waals surface area contributed by atoms with Crippen molar-refractivity contribution in [2.24, 2.45) is 5.73 Å². The van der Waals surface area contributed by atoms with E-state index in [9.17, 15) is 0 Å². The molecule has 0 amide bonds. The minimum Gasteiger partial charge on any atom is -0.325 e. The van der Waals surface area contributed by atoms with Gasteiger partial charge in [-0.15, -0.1) is 0 Å². The predicted octanol–water partition coefficient (Wildman–Crippen LogP) is 2.48. The van der Waals surface area contributed by atoms with Crippen molar-refractivity contribution in [2.75, 3.05) is 25.4 Å². The van der Waals surface area contributed by atoms with Crippen molar-refractivity contribution in [1.29, 1.82) is 0 Å². The number of hydrogen-bond acceptors (Lipinski definition) is 3. The van der Waals surface area contributed by atoms with E-state index < -0.39 is 0 Å². The molecule has 0 bridgehead atoms. The fraction of sp³-hybridized carbons (Fsp3) is 1.00. The van der Waals surface area contributed by atoms with Gasteiger partial charge in [-0.2, -0.15) is 11.8 Å². The first-order chi connectivity index (χ1) is 7.72. The van der Waals surface area contributed by atoms with Crippen LogP contribution < -0.4 is 5.73 Å². The van der Waals surface area contributed by atoms with E-state index in [1.807, 2.05) is 0 Å². The van der Waals surface area contributed by atoms with Crippen LogP contribution in [0.2, 0.25) is 0 Å². The molecule has 1 saturated heterocycles. The van der Waals surface area contributed by atoms with Crippen LogP contribution in [0.25, 0.3) is 0 Å². The molecule has 2 N–H and O–H groups in total. The topological polar surface area (TPSA) is 29.3 Å². The van der Waals surface area contributed by atoms with Crippen LogP contribution in [0.3, 0.4) is 0 Å². The summed E-state index contributed by atoms with van der Waals surface area (Å²) >= 11 is 2.15. The molecule has 0 aromatic heterocycles. The van der Waals surface area contributed by atoms with Gasteiger partial charge in [-0.1, -0.05) is 19.8 Å². The summed E-state index contributed by atoms with van der Waals surface area (Å²) < 4.78 is 0. The molecule has 2 fully saturated rings. The van der Waals surface area contributed by atoms with E-state index in [0.29, 0.717) is 0 Å². The second-order valence-corrected chi connectivity index (χ2v) is 6.93. The van der Waals surface area contributed by atoms with Crippen LogP contribution in [0.5, 0.6) is 0 Å². The molecule has 2 nitrogen and oxygen atoms in total. The lowest BCUT2D eigenvalue weighted by Crippen LogP contribution is -2.44. The summed E-state index contributed by atoms with van der Waals surface area (Å²) in [5.74, 6) is 1.32. The maximum atomic E-state index is 6.41. The van der Waals surface area contributed by atoms with Crippen LogP contribution in [-0.2, 0) is 0 Å². The third kappa shape index (κ3) is 3.38. The molecule has 0 radical (unpaired) electrons. The van der Waals surface area contributed by atoms with E-state index in [2.05, 4.69) is 23.6 Å². The van der Waals surface area contributed by atoms with Gasteiger partial charge < -0.3 is 10.6 Å². The molecule has 1 aliphatic heterocycles. The fourth-order valence-corrected chi connectivity index (χ4v) is 4.19. The lowest BCUT2D eigenvalue weighted by Gasteiger charge is -2.34. The second kappa shape index (κ2) is 5.74. The van der Waals surface area contributed by atoms with Crippen LogP contribution in [0.4, 0.5) is 0 Å². The van der Waals surface area contributed by atoms with Crippen molar-refractivity contribution in [1.82, 2.24) is 4.90 Å². The molecule has 1 atom stereocenters. The first kappa shape index (κ1) is 12.7. The largest absolute Gasteiger partial charge is 0.325 e. The van der Waals surface area contributed by atoms with Crippen molar-refractivity contribution >= 4 is 11.8 Å². The monoisotopic (exact) mass is 242 g/mol. The molecule has 2 rings (SSSR count). The number of hydrogen-bond donors (Lipinski definition) is 1. The summed E-state index contributed by atoms with van der Waals surface area (Å²) in [5, 5.41) is 0.867. The highest BCUT2D eigenvalue weighted by molar-refractivity contribution is 8.00. The van der Waals surface area contributed by atoms with E-state index in [1.165, 1.54) is 63.9 Å². The quantitative estimate of drug-likeness (QED) is 0.821. The van der Waals surface area contributed by atoms with Crippen LogP contribution in [0.1, 0.15) is 45.4 Å². The maximum Gasteiger partial charge on any atom is 0.0172 e. The highest BCUT2D eigenvalue weighted by atomic mass is 32.2. The molecule has 1 heterocycles. The van der Waals surface area contributed by atoms with Crippen molar-refractivity contribution < 1.29 is 0 Å². The molecule has 16 heavy (non-hydrogen) atoms. The summed E-state index contributed by atoms with van der Waals surface area (Å²) in [7, 11) is 0. The summed E-state index contributed by atoms with van der Waals surface area (Å²) in [6.45, 7) is 6.10. The Kier molecular flexibility index (Phi) is 4.57. The van der Waals surface area contributed by atoms with Gasteiger partial charge >= 0.3 is 0 Å². The summed E-state index contributed by atoms with van der Waals surface area (Å²) in [6, 6.07) is 0. The minimum absolute atomic E-state index is 0.187. The Bertz CT molecular complexity index is 214. The lowest BCUT2D eigenvalue weighted by molar-refractivity contribution is 0.244. The van der Waals surface area contributed by atoms with Crippen LogP contribution >= 0.6 is 11.8 Å². The van der Waals surface area contributed by atoms with Crippen LogP contribution in [0, 0.1) is 0 Å². The van der Waals surface area contributed by atoms with E-state index in [1.54, 1.807) is 0 Å². The van der Waals surface area contributed by atoms with Gasteiger partial charge in [0.1, 0.15) is 0 Å². The molecule has 0 aromatic rings. The fourth-order valence-electron chi connectivity index (χ4n) is 2.94. The zero-order chi connectivity index (χ0) is 11.4. The standard InChI is InChI=1S/C13H26N2S/c1-2-12-11-15(9-10-16-12)8-7-13(14)5-3-4-6-13/h12H,2-11,14H2,1H3. The third-order valence-electron chi connectivity index (χ3n) is 4.20. The molecule has 0 aromatic carbocycles. The van der Waals surface area contributed by atoms with Crippen molar-refractivity contribution in [3.63, 3.8) is 0 Å². The first-order valence-corrected chi connectivity index (χ1v) is 7.89. The Balaban J connectivity index is 1.72. The molecule has 3 heteroatoms. The zero-order valence-electron chi connectivity index (χ0n) is 10.6. The molecule has 0 spiro atoms. The van der Waals surface area contributed by atoms with Crippen LogP contribution in [-0.4, -0.2) is 41.1 Å². The van der Waals surface area contributed by atoms with Gasteiger partial charge in [0.25, 0.3) is 0 Å². The second-order valence-electron chi connectivity index (χ2n) is 5.52. The summed E-state index contributed by atoms with van der Waals surface area (Å²) in [5.41, 5.74) is 6.60. The van der Waals surface area contributed by atoms with E-state index >= 15 is 0 Å². The van der Waals surface area contributed by atoms with Crippen molar-refractivity contribution in [3.8, 4) is 0 Å². The zero-order valence-corrected chi connectivity index (χ0v) is 11.4. The van der Waals surface area contributed by atoms with Gasteiger partial charge in [-0.3, -0.25) is 0 Å². The van der Waals surface area contributed by atoms with Gasteiger partial charge in [0.2, 0.25) is 0 Å². The van der Waals surface area contributed by atoms with Crippen LogP contribution in [0.15, 0.2) is 0 Å². The molecule has 1 saturated carbocycles. The molecule has 2 aliphatic rings. The number of nitrogens with zero attached hydrogens (tertiary/aromatic N) is 1. The highest BCUT2D eigenvalue weighted by Crippen LogP contribution is 2.30. The number of nitrogens with two attached hydrogens (primary N) is 1. The van der Waals surface area contributed by atoms with Gasteiger partial charge in [0, 0.05) is 29.6 Å². The van der Waals surface area contributed by atoms with Gasteiger partial charge in [-0.25, -0.2) is 0 Å². The van der Waals surface area contributed by atoms with Gasteiger partial charge in [0.15, 0.2) is 0 Å². The summed E-state index contributed by atoms with van der Waals surface area (Å²) in [4.78, 5) is 2.64. The Labute approximate surface area is 104 Å². The first-order valence-electron chi connectivity index (χ1n) is 6.85. The normalized spacial score (nSPS) is 30.8. The Morgan fingerprint density at radius 3 is 2.81 bits per heavy atom. The molecule has 94 valence electrons. The Hall–Kier alpha value is 0.270. The molecule has 1 unspecified atom stereocenters. The minimum atomic E-state index is 0.187. The number of rotatable bonds is 4. The maximum absolute atomic E-state index is 6.41. The third-order valence-corrected chi connectivity index (χ3v) is 5.58. The van der Waals surface area contributed by atoms with Gasteiger partial charge in [0.05, 0.1) is 0 Å². The Morgan fingerprint density at radius 2 is 2.12 bits per heavy atom. The van der Waals surface area contributed by atoms with E-state index in [-0.39, 0.29) is 5.54 Å². The van der Waals surface area contributed by atoms with Crippen molar-refractivity contribution in [3.05, 3.63) is 0 Å². The average Bonchev–Trinajstić information content (AvgIpc) is 2.75. The summed E-state index contributed by atoms with van der Waals surface area (Å²) in [6.07, 6.45) is 7.75. The van der Waals surface area contributed by atoms with Crippen molar-refractivity contribution in [2.45, 2.75) is 56.2 Å². The molecule has 1 aliphatic carbocycles. The number of thioether (sulfide) groups is 1. The van der Waals surface area contributed by atoms with Gasteiger partial charge in [-0.05, 0) is 32.2 Å². The average molecular weight is 242 g/mol. The lowest BCUT2D eigenvalue weighted by atomic mass is 9.94. The Morgan fingerprint density at radius 1 is 1.38 bits per heavy atom. The predicted molar refractivity (Wildman–Crippen MR) is 73.0 cm³/mol. The molecular weight excluding hydrogens is 216 g/mol. The SMILES string of the molecule is CCC1CN(CCC2(N)CCCC2)CCS1. The molecular formula is C13H26N2S. The highest BCUT2D eigenvalue weighted by Gasteiger charge is 2.30.